The lowest BCUT2D eigenvalue weighted by atomic mass is 9.73. The van der Waals surface area contributed by atoms with Gasteiger partial charge >= 0.3 is 5.97 Å². The van der Waals surface area contributed by atoms with Crippen LogP contribution in [0.25, 0.3) is 0 Å². The molecular weight excluding hydrogens is 248 g/mol. The fourth-order valence-corrected chi connectivity index (χ4v) is 2.46. The number of carbonyl (C=O) groups excluding carboxylic acids is 1. The van der Waals surface area contributed by atoms with Crippen molar-refractivity contribution in [3.8, 4) is 0 Å². The van der Waals surface area contributed by atoms with Crippen LogP contribution in [-0.4, -0.2) is 30.6 Å². The third-order valence-electron chi connectivity index (χ3n) is 3.99. The van der Waals surface area contributed by atoms with Gasteiger partial charge in [0, 0.05) is 12.8 Å². The lowest BCUT2D eigenvalue weighted by molar-refractivity contribution is -0.512. The van der Waals surface area contributed by atoms with Crippen molar-refractivity contribution in [3.05, 3.63) is 0 Å². The van der Waals surface area contributed by atoms with Crippen LogP contribution < -0.4 is 0 Å². The molecule has 1 spiro atoms. The van der Waals surface area contributed by atoms with Gasteiger partial charge in [0.15, 0.2) is 0 Å². The number of ether oxygens (including phenoxy) is 2. The van der Waals surface area contributed by atoms with Crippen molar-refractivity contribution >= 4 is 5.97 Å². The lowest BCUT2D eigenvalue weighted by Crippen LogP contribution is -2.53. The van der Waals surface area contributed by atoms with Gasteiger partial charge in [-0.2, -0.15) is 0 Å². The summed E-state index contributed by atoms with van der Waals surface area (Å²) in [7, 11) is 0. The predicted molar refractivity (Wildman–Crippen MR) is 68.1 cm³/mol. The number of carbonyl (C=O) groups is 1. The second-order valence-corrected chi connectivity index (χ2v) is 6.41. The van der Waals surface area contributed by atoms with Crippen molar-refractivity contribution in [2.75, 3.05) is 13.2 Å². The number of hydrogen-bond donors (Lipinski definition) is 0. The van der Waals surface area contributed by atoms with E-state index >= 15 is 0 Å². The van der Waals surface area contributed by atoms with Crippen molar-refractivity contribution in [1.82, 2.24) is 0 Å². The molecule has 110 valence electrons. The van der Waals surface area contributed by atoms with E-state index in [4.69, 9.17) is 19.2 Å². The van der Waals surface area contributed by atoms with E-state index in [1.54, 1.807) is 0 Å². The molecular formula is C14H24O5. The number of esters is 1. The van der Waals surface area contributed by atoms with E-state index in [2.05, 4.69) is 0 Å². The van der Waals surface area contributed by atoms with Gasteiger partial charge in [0.25, 0.3) is 0 Å². The highest BCUT2D eigenvalue weighted by molar-refractivity contribution is 5.76. The van der Waals surface area contributed by atoms with Crippen LogP contribution in [0.3, 0.4) is 0 Å². The first-order chi connectivity index (χ1) is 8.81. The van der Waals surface area contributed by atoms with Crippen molar-refractivity contribution < 1.29 is 24.0 Å². The minimum Gasteiger partial charge on any atom is -0.466 e. The van der Waals surface area contributed by atoms with Crippen molar-refractivity contribution in [2.45, 2.75) is 64.8 Å². The maximum atomic E-state index is 12.0. The van der Waals surface area contributed by atoms with Gasteiger partial charge in [-0.1, -0.05) is 0 Å². The Kier molecular flexibility index (Phi) is 3.91. The van der Waals surface area contributed by atoms with E-state index in [1.807, 2.05) is 27.7 Å². The van der Waals surface area contributed by atoms with Crippen LogP contribution in [0.2, 0.25) is 0 Å². The highest BCUT2D eigenvalue weighted by Gasteiger charge is 2.50. The zero-order chi connectivity index (χ0) is 14.1. The molecule has 0 aromatic rings. The maximum absolute atomic E-state index is 12.0. The SMILES string of the molecule is CCOC(=O)C1(C)CCC2(CC1)OCC(C)(C)OO2. The Balaban J connectivity index is 1.94. The summed E-state index contributed by atoms with van der Waals surface area (Å²) in [5.41, 5.74) is -0.839. The van der Waals surface area contributed by atoms with E-state index in [0.717, 1.165) is 0 Å². The normalized spacial score (nSPS) is 38.1. The molecule has 0 radical (unpaired) electrons. The molecule has 5 heteroatoms. The summed E-state index contributed by atoms with van der Waals surface area (Å²) in [5.74, 6) is -0.802. The van der Waals surface area contributed by atoms with E-state index in [1.165, 1.54) is 0 Å². The Morgan fingerprint density at radius 2 is 1.74 bits per heavy atom. The summed E-state index contributed by atoms with van der Waals surface area (Å²) in [6.07, 6.45) is 2.68. The average molecular weight is 272 g/mol. The molecule has 0 unspecified atom stereocenters. The monoisotopic (exact) mass is 272 g/mol. The lowest BCUT2D eigenvalue weighted by Gasteiger charge is -2.46. The van der Waals surface area contributed by atoms with Crippen molar-refractivity contribution in [2.24, 2.45) is 5.41 Å². The number of rotatable bonds is 2. The van der Waals surface area contributed by atoms with Crippen LogP contribution in [0.5, 0.6) is 0 Å². The molecule has 1 saturated carbocycles. The molecule has 1 heterocycles. The summed E-state index contributed by atoms with van der Waals surface area (Å²) >= 11 is 0. The molecule has 2 aliphatic rings. The second-order valence-electron chi connectivity index (χ2n) is 6.41. The van der Waals surface area contributed by atoms with Gasteiger partial charge in [-0.05, 0) is 40.5 Å². The second kappa shape index (κ2) is 5.04. The Morgan fingerprint density at radius 3 is 2.21 bits per heavy atom. The average Bonchev–Trinajstić information content (AvgIpc) is 2.37. The summed E-state index contributed by atoms with van der Waals surface area (Å²) < 4.78 is 11.0. The summed E-state index contributed by atoms with van der Waals surface area (Å²) in [5, 5.41) is 0. The third-order valence-corrected chi connectivity index (χ3v) is 3.99. The van der Waals surface area contributed by atoms with Crippen LogP contribution >= 0.6 is 0 Å². The molecule has 0 N–H and O–H groups in total. The van der Waals surface area contributed by atoms with Crippen LogP contribution in [0.15, 0.2) is 0 Å². The molecule has 2 rings (SSSR count). The molecule has 0 bridgehead atoms. The first-order valence-corrected chi connectivity index (χ1v) is 6.99. The third kappa shape index (κ3) is 3.09. The minimum absolute atomic E-state index is 0.123. The Hall–Kier alpha value is -0.650. The quantitative estimate of drug-likeness (QED) is 0.571. The van der Waals surface area contributed by atoms with E-state index < -0.39 is 16.8 Å². The van der Waals surface area contributed by atoms with Crippen LogP contribution in [0, 0.1) is 5.41 Å². The fraction of sp³-hybridized carbons (Fsp3) is 0.929. The smallest absolute Gasteiger partial charge is 0.311 e. The maximum Gasteiger partial charge on any atom is 0.311 e. The molecule has 5 nitrogen and oxygen atoms in total. The van der Waals surface area contributed by atoms with Crippen LogP contribution in [0.4, 0.5) is 0 Å². The largest absolute Gasteiger partial charge is 0.466 e. The van der Waals surface area contributed by atoms with Crippen LogP contribution in [-0.2, 0) is 24.0 Å². The molecule has 0 atom stereocenters. The molecule has 0 aromatic heterocycles. The topological polar surface area (TPSA) is 54.0 Å². The van der Waals surface area contributed by atoms with E-state index in [-0.39, 0.29) is 5.97 Å². The van der Waals surface area contributed by atoms with Gasteiger partial charge < -0.3 is 9.47 Å². The summed E-state index contributed by atoms with van der Waals surface area (Å²) in [4.78, 5) is 22.8. The molecule has 19 heavy (non-hydrogen) atoms. The molecule has 2 fully saturated rings. The van der Waals surface area contributed by atoms with Gasteiger partial charge in [-0.15, -0.1) is 0 Å². The molecule has 1 aliphatic carbocycles. The first kappa shape index (κ1) is 14.8. The molecule has 1 aliphatic heterocycles. The first-order valence-electron chi connectivity index (χ1n) is 6.99. The molecule has 0 aromatic carbocycles. The van der Waals surface area contributed by atoms with E-state index in [0.29, 0.717) is 38.9 Å². The minimum atomic E-state index is -0.679. The standard InChI is InChI=1S/C14H24O5/c1-5-16-11(15)13(4)6-8-14(9-7-13)17-10-12(2,3)18-19-14/h5-10H2,1-4H3. The zero-order valence-corrected chi connectivity index (χ0v) is 12.3. The summed E-state index contributed by atoms with van der Waals surface area (Å²) in [6.45, 7) is 8.55. The highest BCUT2D eigenvalue weighted by atomic mass is 17.2. The van der Waals surface area contributed by atoms with Crippen LogP contribution in [0.1, 0.15) is 53.4 Å². The van der Waals surface area contributed by atoms with Gasteiger partial charge in [0.1, 0.15) is 5.60 Å². The van der Waals surface area contributed by atoms with E-state index in [9.17, 15) is 4.79 Å². The van der Waals surface area contributed by atoms with Crippen molar-refractivity contribution in [3.63, 3.8) is 0 Å². The Bertz CT molecular complexity index is 330. The Morgan fingerprint density at radius 1 is 1.11 bits per heavy atom. The summed E-state index contributed by atoms with van der Waals surface area (Å²) in [6, 6.07) is 0. The number of hydrogen-bond acceptors (Lipinski definition) is 5. The van der Waals surface area contributed by atoms with Gasteiger partial charge in [-0.3, -0.25) is 4.79 Å². The Labute approximate surface area is 114 Å². The fourth-order valence-electron chi connectivity index (χ4n) is 2.46. The molecule has 0 amide bonds. The van der Waals surface area contributed by atoms with Gasteiger partial charge in [-0.25, -0.2) is 9.78 Å². The highest BCUT2D eigenvalue weighted by Crippen LogP contribution is 2.46. The van der Waals surface area contributed by atoms with Gasteiger partial charge in [0.2, 0.25) is 5.79 Å². The zero-order valence-electron chi connectivity index (χ0n) is 12.3. The molecule has 1 saturated heterocycles. The van der Waals surface area contributed by atoms with Crippen molar-refractivity contribution in [1.29, 1.82) is 0 Å². The van der Waals surface area contributed by atoms with Gasteiger partial charge in [0.05, 0.1) is 18.6 Å². The predicted octanol–water partition coefficient (Wildman–Crippen LogP) is 2.58.